The highest BCUT2D eigenvalue weighted by atomic mass is 35.5. The van der Waals surface area contributed by atoms with Gasteiger partial charge in [-0.25, -0.2) is 0 Å². The first-order chi connectivity index (χ1) is 15.1. The molecule has 1 heterocycles. The van der Waals surface area contributed by atoms with Crippen LogP contribution in [0.1, 0.15) is 36.5 Å². The number of likely N-dealkylation sites (tertiary alicyclic amines) is 1. The minimum Gasteiger partial charge on any atom is -0.495 e. The third-order valence-corrected chi connectivity index (χ3v) is 6.52. The van der Waals surface area contributed by atoms with Crippen molar-refractivity contribution in [3.05, 3.63) is 76.8 Å². The summed E-state index contributed by atoms with van der Waals surface area (Å²) in [7, 11) is 1.61. The van der Waals surface area contributed by atoms with Gasteiger partial charge in [0.2, 0.25) is 0 Å². The predicted octanol–water partition coefficient (Wildman–Crippen LogP) is 5.61. The van der Waals surface area contributed by atoms with Crippen LogP contribution in [0.15, 0.2) is 60.7 Å². The first-order valence-electron chi connectivity index (χ1n) is 11.0. The van der Waals surface area contributed by atoms with E-state index in [1.165, 1.54) is 5.56 Å². The third kappa shape index (κ3) is 5.58. The van der Waals surface area contributed by atoms with Crippen LogP contribution in [-0.4, -0.2) is 42.9 Å². The van der Waals surface area contributed by atoms with E-state index in [9.17, 15) is 5.11 Å². The zero-order chi connectivity index (χ0) is 21.6. The standard InChI is InChI=1S/C26H30ClNO3/c1-30-25-10-8-20-17-21(7-9-23(20)26(25)27)24(29)13-16-28-14-11-22(12-15-28)31-18-19-5-3-2-4-6-19/h2-10,17,22,24,29H,11-16,18H2,1H3. The fourth-order valence-corrected chi connectivity index (χ4v) is 4.53. The molecule has 1 aliphatic heterocycles. The summed E-state index contributed by atoms with van der Waals surface area (Å²) in [6.07, 6.45) is 2.63. The summed E-state index contributed by atoms with van der Waals surface area (Å²) < 4.78 is 11.4. The molecule has 0 bridgehead atoms. The zero-order valence-electron chi connectivity index (χ0n) is 18.0. The predicted molar refractivity (Wildman–Crippen MR) is 126 cm³/mol. The van der Waals surface area contributed by atoms with E-state index in [2.05, 4.69) is 17.0 Å². The molecule has 1 fully saturated rings. The van der Waals surface area contributed by atoms with E-state index in [1.807, 2.05) is 48.5 Å². The number of rotatable bonds is 8. The van der Waals surface area contributed by atoms with Gasteiger partial charge in [0.25, 0.3) is 0 Å². The Bertz CT molecular complexity index is 987. The molecular weight excluding hydrogens is 410 g/mol. The number of hydrogen-bond acceptors (Lipinski definition) is 4. The van der Waals surface area contributed by atoms with Gasteiger partial charge in [-0.2, -0.15) is 0 Å². The molecule has 1 unspecified atom stereocenters. The molecule has 4 rings (SSSR count). The maximum atomic E-state index is 10.7. The highest BCUT2D eigenvalue weighted by molar-refractivity contribution is 6.37. The van der Waals surface area contributed by atoms with Crippen molar-refractivity contribution >= 4 is 22.4 Å². The minimum absolute atomic E-state index is 0.323. The Hall–Kier alpha value is -2.11. The molecule has 1 atom stereocenters. The summed E-state index contributed by atoms with van der Waals surface area (Å²) in [4.78, 5) is 2.42. The van der Waals surface area contributed by atoms with Crippen LogP contribution in [-0.2, 0) is 11.3 Å². The molecular formula is C26H30ClNO3. The smallest absolute Gasteiger partial charge is 0.138 e. The average Bonchev–Trinajstić information content (AvgIpc) is 2.82. The van der Waals surface area contributed by atoms with Crippen LogP contribution < -0.4 is 4.74 Å². The number of aliphatic hydroxyl groups excluding tert-OH is 1. The van der Waals surface area contributed by atoms with E-state index >= 15 is 0 Å². The van der Waals surface area contributed by atoms with Crippen LogP contribution >= 0.6 is 11.6 Å². The SMILES string of the molecule is COc1ccc2cc(C(O)CCN3CCC(OCc4ccccc4)CC3)ccc2c1Cl. The molecule has 1 aliphatic rings. The molecule has 1 N–H and O–H groups in total. The van der Waals surface area contributed by atoms with E-state index in [0.717, 1.165) is 48.8 Å². The Morgan fingerprint density at radius 1 is 1.06 bits per heavy atom. The van der Waals surface area contributed by atoms with Gasteiger partial charge in [-0.1, -0.05) is 60.1 Å². The Morgan fingerprint density at radius 2 is 1.84 bits per heavy atom. The number of fused-ring (bicyclic) bond motifs is 1. The minimum atomic E-state index is -0.489. The molecule has 0 spiro atoms. The molecule has 31 heavy (non-hydrogen) atoms. The van der Waals surface area contributed by atoms with Crippen molar-refractivity contribution in [3.63, 3.8) is 0 Å². The molecule has 0 radical (unpaired) electrons. The summed E-state index contributed by atoms with van der Waals surface area (Å²) in [6, 6.07) is 20.1. The molecule has 3 aromatic rings. The Kier molecular flexibility index (Phi) is 7.46. The number of ether oxygens (including phenoxy) is 2. The largest absolute Gasteiger partial charge is 0.495 e. The number of methoxy groups -OCH3 is 1. The number of piperidine rings is 1. The van der Waals surface area contributed by atoms with Crippen molar-refractivity contribution in [1.29, 1.82) is 0 Å². The number of aliphatic hydroxyl groups is 1. The Labute approximate surface area is 189 Å². The summed E-state index contributed by atoms with van der Waals surface area (Å²) in [5, 5.41) is 13.3. The lowest BCUT2D eigenvalue weighted by Crippen LogP contribution is -2.37. The lowest BCUT2D eigenvalue weighted by atomic mass is 10.0. The molecule has 164 valence electrons. The molecule has 1 saturated heterocycles. The van der Waals surface area contributed by atoms with Crippen LogP contribution in [0.2, 0.25) is 5.02 Å². The lowest BCUT2D eigenvalue weighted by molar-refractivity contribution is -0.00467. The highest BCUT2D eigenvalue weighted by Gasteiger charge is 2.20. The zero-order valence-corrected chi connectivity index (χ0v) is 18.7. The van der Waals surface area contributed by atoms with E-state index in [4.69, 9.17) is 21.1 Å². The highest BCUT2D eigenvalue weighted by Crippen LogP contribution is 2.34. The number of benzene rings is 3. The van der Waals surface area contributed by atoms with Crippen molar-refractivity contribution in [2.75, 3.05) is 26.7 Å². The number of hydrogen-bond donors (Lipinski definition) is 1. The molecule has 0 amide bonds. The molecule has 4 nitrogen and oxygen atoms in total. The van der Waals surface area contributed by atoms with Crippen molar-refractivity contribution in [3.8, 4) is 5.75 Å². The number of halogens is 1. The van der Waals surface area contributed by atoms with Gasteiger partial charge in [-0.3, -0.25) is 0 Å². The first-order valence-corrected chi connectivity index (χ1v) is 11.3. The fraction of sp³-hybridized carbons (Fsp3) is 0.385. The second-order valence-electron chi connectivity index (χ2n) is 8.20. The Balaban J connectivity index is 1.25. The average molecular weight is 440 g/mol. The summed E-state index contributed by atoms with van der Waals surface area (Å²) >= 11 is 6.40. The number of nitrogens with zero attached hydrogens (tertiary/aromatic N) is 1. The van der Waals surface area contributed by atoms with Crippen LogP contribution in [0.5, 0.6) is 5.75 Å². The van der Waals surface area contributed by atoms with E-state index in [1.54, 1.807) is 7.11 Å². The molecule has 0 aliphatic carbocycles. The quantitative estimate of drug-likeness (QED) is 0.495. The molecule has 5 heteroatoms. The van der Waals surface area contributed by atoms with Gasteiger partial charge >= 0.3 is 0 Å². The van der Waals surface area contributed by atoms with Crippen LogP contribution in [0.25, 0.3) is 10.8 Å². The van der Waals surface area contributed by atoms with Gasteiger partial charge in [-0.15, -0.1) is 0 Å². The summed E-state index contributed by atoms with van der Waals surface area (Å²) in [6.45, 7) is 3.59. The second kappa shape index (κ2) is 10.5. The van der Waals surface area contributed by atoms with E-state index < -0.39 is 6.10 Å². The van der Waals surface area contributed by atoms with Crippen LogP contribution in [0.4, 0.5) is 0 Å². The van der Waals surface area contributed by atoms with E-state index in [-0.39, 0.29) is 0 Å². The van der Waals surface area contributed by atoms with Crippen LogP contribution in [0, 0.1) is 0 Å². The molecule has 0 saturated carbocycles. The molecule has 0 aromatic heterocycles. The van der Waals surface area contributed by atoms with Crippen molar-refractivity contribution < 1.29 is 14.6 Å². The monoisotopic (exact) mass is 439 g/mol. The molecule has 3 aromatic carbocycles. The summed E-state index contributed by atoms with van der Waals surface area (Å²) in [5.41, 5.74) is 2.15. The fourth-order valence-electron chi connectivity index (χ4n) is 4.21. The normalized spacial score (nSPS) is 16.5. The third-order valence-electron chi connectivity index (χ3n) is 6.13. The van der Waals surface area contributed by atoms with Gasteiger partial charge in [0.1, 0.15) is 5.75 Å². The second-order valence-corrected chi connectivity index (χ2v) is 8.58. The van der Waals surface area contributed by atoms with Crippen molar-refractivity contribution in [2.24, 2.45) is 0 Å². The van der Waals surface area contributed by atoms with Crippen molar-refractivity contribution in [2.45, 2.75) is 38.1 Å². The first kappa shape index (κ1) is 22.1. The maximum absolute atomic E-state index is 10.7. The van der Waals surface area contributed by atoms with Gasteiger partial charge < -0.3 is 19.5 Å². The van der Waals surface area contributed by atoms with Gasteiger partial charge in [0.15, 0.2) is 0 Å². The van der Waals surface area contributed by atoms with E-state index in [0.29, 0.717) is 29.9 Å². The topological polar surface area (TPSA) is 41.9 Å². The van der Waals surface area contributed by atoms with Gasteiger partial charge in [0, 0.05) is 25.0 Å². The Morgan fingerprint density at radius 3 is 2.58 bits per heavy atom. The summed E-state index contributed by atoms with van der Waals surface area (Å²) in [5.74, 6) is 0.665. The van der Waals surface area contributed by atoms with Crippen molar-refractivity contribution in [1.82, 2.24) is 4.90 Å². The van der Waals surface area contributed by atoms with Gasteiger partial charge in [0.05, 0.1) is 30.9 Å². The maximum Gasteiger partial charge on any atom is 0.138 e. The van der Waals surface area contributed by atoms with Gasteiger partial charge in [-0.05, 0) is 47.9 Å². The lowest BCUT2D eigenvalue weighted by Gasteiger charge is -2.32. The van der Waals surface area contributed by atoms with Crippen LogP contribution in [0.3, 0.4) is 0 Å².